The van der Waals surface area contributed by atoms with Gasteiger partial charge in [-0.05, 0) is 43.3 Å². The van der Waals surface area contributed by atoms with Gasteiger partial charge in [0.15, 0.2) is 5.69 Å². The maximum absolute atomic E-state index is 12.5. The van der Waals surface area contributed by atoms with Gasteiger partial charge in [-0.3, -0.25) is 9.59 Å². The van der Waals surface area contributed by atoms with E-state index in [0.717, 1.165) is 0 Å². The Labute approximate surface area is 179 Å². The Bertz CT molecular complexity index is 1080. The molecular formula is C21H23N5O5. The molecule has 31 heavy (non-hydrogen) atoms. The van der Waals surface area contributed by atoms with Crippen molar-refractivity contribution in [3.63, 3.8) is 0 Å². The molecule has 2 aromatic carbocycles. The number of rotatable bonds is 8. The van der Waals surface area contributed by atoms with Gasteiger partial charge in [-0.25, -0.2) is 4.68 Å². The maximum atomic E-state index is 12.5. The third-order valence-electron chi connectivity index (χ3n) is 4.52. The molecule has 3 rings (SSSR count). The van der Waals surface area contributed by atoms with Crippen LogP contribution in [-0.4, -0.2) is 48.1 Å². The Hall–Kier alpha value is -4.08. The van der Waals surface area contributed by atoms with Crippen LogP contribution >= 0.6 is 0 Å². The van der Waals surface area contributed by atoms with Crippen molar-refractivity contribution in [1.82, 2.24) is 15.0 Å². The van der Waals surface area contributed by atoms with Crippen molar-refractivity contribution in [2.45, 2.75) is 13.5 Å². The molecule has 0 aliphatic rings. The molecule has 0 bridgehead atoms. The fraction of sp³-hybridized carbons (Fsp3) is 0.238. The van der Waals surface area contributed by atoms with Crippen molar-refractivity contribution in [3.05, 3.63) is 53.9 Å². The number of aromatic nitrogens is 3. The predicted octanol–water partition coefficient (Wildman–Crippen LogP) is 2.50. The van der Waals surface area contributed by atoms with Crippen LogP contribution in [0.2, 0.25) is 0 Å². The minimum Gasteiger partial charge on any atom is -0.497 e. The summed E-state index contributed by atoms with van der Waals surface area (Å²) in [6.07, 6.45) is 0. The molecule has 10 nitrogen and oxygen atoms in total. The Balaban J connectivity index is 1.68. The molecule has 1 aromatic heterocycles. The molecule has 0 saturated heterocycles. The van der Waals surface area contributed by atoms with Crippen molar-refractivity contribution < 1.29 is 23.8 Å². The maximum Gasteiger partial charge on any atom is 0.278 e. The number of carbonyl (C=O) groups is 2. The van der Waals surface area contributed by atoms with Gasteiger partial charge >= 0.3 is 0 Å². The van der Waals surface area contributed by atoms with Gasteiger partial charge in [-0.1, -0.05) is 5.21 Å². The fourth-order valence-electron chi connectivity index (χ4n) is 2.82. The average molecular weight is 425 g/mol. The summed E-state index contributed by atoms with van der Waals surface area (Å²) in [7, 11) is 4.60. The number of nitrogens with zero attached hydrogens (tertiary/aromatic N) is 3. The first-order valence-electron chi connectivity index (χ1n) is 9.32. The number of amides is 2. The van der Waals surface area contributed by atoms with Crippen molar-refractivity contribution in [2.24, 2.45) is 0 Å². The second-order valence-electron chi connectivity index (χ2n) is 6.48. The van der Waals surface area contributed by atoms with E-state index >= 15 is 0 Å². The van der Waals surface area contributed by atoms with Crippen LogP contribution in [0.3, 0.4) is 0 Å². The molecule has 0 radical (unpaired) electrons. The van der Waals surface area contributed by atoms with Crippen LogP contribution in [0.25, 0.3) is 0 Å². The van der Waals surface area contributed by atoms with Crippen LogP contribution in [0.4, 0.5) is 11.4 Å². The molecule has 0 atom stereocenters. The number of hydrogen-bond donors (Lipinski definition) is 2. The molecule has 3 aromatic rings. The van der Waals surface area contributed by atoms with Crippen LogP contribution < -0.4 is 24.8 Å². The van der Waals surface area contributed by atoms with E-state index in [4.69, 9.17) is 14.2 Å². The summed E-state index contributed by atoms with van der Waals surface area (Å²) < 4.78 is 16.9. The Kier molecular flexibility index (Phi) is 6.71. The number of ether oxygens (including phenoxy) is 3. The molecule has 1 heterocycles. The third-order valence-corrected chi connectivity index (χ3v) is 4.52. The van der Waals surface area contributed by atoms with Gasteiger partial charge in [0.25, 0.3) is 5.91 Å². The van der Waals surface area contributed by atoms with E-state index in [1.165, 1.54) is 18.9 Å². The predicted molar refractivity (Wildman–Crippen MR) is 114 cm³/mol. The van der Waals surface area contributed by atoms with Crippen molar-refractivity contribution in [2.75, 3.05) is 32.0 Å². The third kappa shape index (κ3) is 5.10. The van der Waals surface area contributed by atoms with Crippen LogP contribution in [-0.2, 0) is 11.3 Å². The number of benzene rings is 2. The zero-order chi connectivity index (χ0) is 22.4. The SMILES string of the molecule is COc1ccc(NC(=O)c2nnn(CC(=O)Nc3cc(OC)ccc3OC)c2C)cc1. The molecule has 0 fully saturated rings. The van der Waals surface area contributed by atoms with Gasteiger partial charge < -0.3 is 24.8 Å². The first-order valence-corrected chi connectivity index (χ1v) is 9.32. The lowest BCUT2D eigenvalue weighted by molar-refractivity contribution is -0.117. The zero-order valence-electron chi connectivity index (χ0n) is 17.6. The van der Waals surface area contributed by atoms with Gasteiger partial charge in [-0.15, -0.1) is 5.10 Å². The van der Waals surface area contributed by atoms with E-state index in [-0.39, 0.29) is 18.1 Å². The summed E-state index contributed by atoms with van der Waals surface area (Å²) >= 11 is 0. The quantitative estimate of drug-likeness (QED) is 0.569. The number of hydrogen-bond acceptors (Lipinski definition) is 7. The van der Waals surface area contributed by atoms with Crippen LogP contribution in [0, 0.1) is 6.92 Å². The molecule has 0 aliphatic heterocycles. The molecule has 162 valence electrons. The lowest BCUT2D eigenvalue weighted by Crippen LogP contribution is -2.21. The summed E-state index contributed by atoms with van der Waals surface area (Å²) in [4.78, 5) is 25.1. The highest BCUT2D eigenvalue weighted by atomic mass is 16.5. The second kappa shape index (κ2) is 9.61. The molecule has 0 saturated carbocycles. The van der Waals surface area contributed by atoms with Gasteiger partial charge in [0, 0.05) is 11.8 Å². The van der Waals surface area contributed by atoms with Gasteiger partial charge in [0.2, 0.25) is 5.91 Å². The molecule has 0 unspecified atom stereocenters. The van der Waals surface area contributed by atoms with Crippen LogP contribution in [0.1, 0.15) is 16.2 Å². The van der Waals surface area contributed by atoms with Crippen molar-refractivity contribution in [1.29, 1.82) is 0 Å². The first kappa shape index (κ1) is 21.6. The summed E-state index contributed by atoms with van der Waals surface area (Å²) in [5, 5.41) is 13.4. The average Bonchev–Trinajstić information content (AvgIpc) is 3.14. The topological polar surface area (TPSA) is 117 Å². The zero-order valence-corrected chi connectivity index (χ0v) is 17.6. The second-order valence-corrected chi connectivity index (χ2v) is 6.48. The largest absolute Gasteiger partial charge is 0.497 e. The number of methoxy groups -OCH3 is 3. The van der Waals surface area contributed by atoms with Crippen LogP contribution in [0.5, 0.6) is 17.2 Å². The number of carbonyl (C=O) groups excluding carboxylic acids is 2. The summed E-state index contributed by atoms with van der Waals surface area (Å²) in [5.41, 5.74) is 1.63. The minimum atomic E-state index is -0.427. The summed E-state index contributed by atoms with van der Waals surface area (Å²) in [6, 6.07) is 12.0. The highest BCUT2D eigenvalue weighted by Crippen LogP contribution is 2.28. The molecular weight excluding hydrogens is 402 g/mol. The van der Waals surface area contributed by atoms with E-state index in [0.29, 0.717) is 34.3 Å². The molecule has 0 spiro atoms. The Morgan fingerprint density at radius 1 is 0.935 bits per heavy atom. The minimum absolute atomic E-state index is 0.127. The van der Waals surface area contributed by atoms with E-state index in [1.54, 1.807) is 56.5 Å². The highest BCUT2D eigenvalue weighted by molar-refractivity contribution is 6.03. The van der Waals surface area contributed by atoms with Gasteiger partial charge in [-0.2, -0.15) is 0 Å². The fourth-order valence-corrected chi connectivity index (χ4v) is 2.82. The van der Waals surface area contributed by atoms with Crippen molar-refractivity contribution in [3.8, 4) is 17.2 Å². The van der Waals surface area contributed by atoms with Gasteiger partial charge in [0.1, 0.15) is 23.8 Å². The molecule has 2 amide bonds. The molecule has 2 N–H and O–H groups in total. The van der Waals surface area contributed by atoms with E-state index in [1.807, 2.05) is 0 Å². The van der Waals surface area contributed by atoms with E-state index < -0.39 is 5.91 Å². The highest BCUT2D eigenvalue weighted by Gasteiger charge is 2.19. The molecule has 10 heteroatoms. The first-order chi connectivity index (χ1) is 14.9. The van der Waals surface area contributed by atoms with Crippen LogP contribution in [0.15, 0.2) is 42.5 Å². The Morgan fingerprint density at radius 2 is 1.61 bits per heavy atom. The summed E-state index contributed by atoms with van der Waals surface area (Å²) in [6.45, 7) is 1.54. The van der Waals surface area contributed by atoms with E-state index in [2.05, 4.69) is 20.9 Å². The summed E-state index contributed by atoms with van der Waals surface area (Å²) in [5.74, 6) is 0.957. The van der Waals surface area contributed by atoms with E-state index in [9.17, 15) is 9.59 Å². The number of nitrogens with one attached hydrogen (secondary N) is 2. The monoisotopic (exact) mass is 425 g/mol. The smallest absolute Gasteiger partial charge is 0.278 e. The van der Waals surface area contributed by atoms with Gasteiger partial charge in [0.05, 0.1) is 32.7 Å². The lowest BCUT2D eigenvalue weighted by atomic mass is 10.2. The molecule has 0 aliphatic carbocycles. The standard InChI is InChI=1S/C21H23N5O5/c1-13-20(21(28)22-14-5-7-15(29-2)8-6-14)24-25-26(13)12-19(27)23-17-11-16(30-3)9-10-18(17)31-4/h5-11H,12H2,1-4H3,(H,22,28)(H,23,27). The Morgan fingerprint density at radius 3 is 2.26 bits per heavy atom. The number of anilines is 2. The normalized spacial score (nSPS) is 10.3. The van der Waals surface area contributed by atoms with Crippen molar-refractivity contribution >= 4 is 23.2 Å². The lowest BCUT2D eigenvalue weighted by Gasteiger charge is -2.12.